The topological polar surface area (TPSA) is 58.8 Å². The van der Waals surface area contributed by atoms with Crippen molar-refractivity contribution in [2.24, 2.45) is 0 Å². The standard InChI is InChI=1S/C14H21N3O2/c1-11(18)16-5-7-17(8-6-16)13-3-4-14(15)12(9-13)10-19-2/h3-4,9H,5-8,10,15H2,1-2H3. The van der Waals surface area contributed by atoms with Crippen molar-refractivity contribution in [3.8, 4) is 0 Å². The van der Waals surface area contributed by atoms with Crippen molar-refractivity contribution in [1.82, 2.24) is 4.90 Å². The number of methoxy groups -OCH3 is 1. The smallest absolute Gasteiger partial charge is 0.219 e. The number of rotatable bonds is 3. The highest BCUT2D eigenvalue weighted by Crippen LogP contribution is 2.23. The van der Waals surface area contributed by atoms with Gasteiger partial charge in [-0.1, -0.05) is 0 Å². The number of ether oxygens (including phenoxy) is 1. The van der Waals surface area contributed by atoms with E-state index in [4.69, 9.17) is 10.5 Å². The van der Waals surface area contributed by atoms with E-state index < -0.39 is 0 Å². The SMILES string of the molecule is COCc1cc(N2CCN(C(C)=O)CC2)ccc1N. The average molecular weight is 263 g/mol. The maximum Gasteiger partial charge on any atom is 0.219 e. The van der Waals surface area contributed by atoms with Crippen LogP contribution in [0, 0.1) is 0 Å². The molecule has 1 aromatic rings. The lowest BCUT2D eigenvalue weighted by Crippen LogP contribution is -2.48. The molecule has 104 valence electrons. The molecule has 0 atom stereocenters. The predicted octanol–water partition coefficient (Wildman–Crippen LogP) is 1.08. The molecule has 0 saturated carbocycles. The Bertz CT molecular complexity index is 454. The third kappa shape index (κ3) is 3.17. The van der Waals surface area contributed by atoms with Gasteiger partial charge in [0.1, 0.15) is 0 Å². The van der Waals surface area contributed by atoms with Crippen LogP contribution in [0.25, 0.3) is 0 Å². The van der Waals surface area contributed by atoms with E-state index >= 15 is 0 Å². The molecule has 1 saturated heterocycles. The van der Waals surface area contributed by atoms with Crippen LogP contribution in [-0.4, -0.2) is 44.1 Å². The zero-order chi connectivity index (χ0) is 13.8. The van der Waals surface area contributed by atoms with Gasteiger partial charge in [-0.25, -0.2) is 0 Å². The largest absolute Gasteiger partial charge is 0.398 e. The highest BCUT2D eigenvalue weighted by molar-refractivity contribution is 5.73. The molecule has 0 aromatic heterocycles. The zero-order valence-electron chi connectivity index (χ0n) is 11.6. The first-order valence-corrected chi connectivity index (χ1v) is 6.49. The van der Waals surface area contributed by atoms with E-state index in [1.807, 2.05) is 17.0 Å². The summed E-state index contributed by atoms with van der Waals surface area (Å²) >= 11 is 0. The number of benzene rings is 1. The van der Waals surface area contributed by atoms with E-state index in [-0.39, 0.29) is 5.91 Å². The summed E-state index contributed by atoms with van der Waals surface area (Å²) in [5, 5.41) is 0. The number of hydrogen-bond donors (Lipinski definition) is 1. The molecule has 1 aromatic carbocycles. The number of carbonyl (C=O) groups is 1. The minimum Gasteiger partial charge on any atom is -0.398 e. The first-order valence-electron chi connectivity index (χ1n) is 6.49. The highest BCUT2D eigenvalue weighted by Gasteiger charge is 2.19. The molecule has 19 heavy (non-hydrogen) atoms. The highest BCUT2D eigenvalue weighted by atomic mass is 16.5. The molecule has 0 unspecified atom stereocenters. The van der Waals surface area contributed by atoms with Crippen molar-refractivity contribution in [1.29, 1.82) is 0 Å². The summed E-state index contributed by atoms with van der Waals surface area (Å²) < 4.78 is 5.15. The van der Waals surface area contributed by atoms with Gasteiger partial charge in [-0.2, -0.15) is 0 Å². The molecule has 1 fully saturated rings. The lowest BCUT2D eigenvalue weighted by molar-refractivity contribution is -0.129. The minimum absolute atomic E-state index is 0.150. The number of hydrogen-bond acceptors (Lipinski definition) is 4. The summed E-state index contributed by atoms with van der Waals surface area (Å²) in [4.78, 5) is 15.5. The molecule has 2 rings (SSSR count). The van der Waals surface area contributed by atoms with E-state index in [0.29, 0.717) is 6.61 Å². The third-order valence-corrected chi connectivity index (χ3v) is 3.52. The quantitative estimate of drug-likeness (QED) is 0.829. The second-order valence-corrected chi connectivity index (χ2v) is 4.81. The van der Waals surface area contributed by atoms with Crippen LogP contribution in [0.1, 0.15) is 12.5 Å². The van der Waals surface area contributed by atoms with Crippen molar-refractivity contribution in [3.63, 3.8) is 0 Å². The van der Waals surface area contributed by atoms with Gasteiger partial charge in [0.2, 0.25) is 5.91 Å². The van der Waals surface area contributed by atoms with Crippen molar-refractivity contribution in [2.75, 3.05) is 43.9 Å². The maximum atomic E-state index is 11.3. The van der Waals surface area contributed by atoms with Crippen molar-refractivity contribution in [2.45, 2.75) is 13.5 Å². The normalized spacial score (nSPS) is 15.7. The van der Waals surface area contributed by atoms with Gasteiger partial charge in [0.15, 0.2) is 0 Å². The lowest BCUT2D eigenvalue weighted by atomic mass is 10.1. The molecule has 1 aliphatic rings. The van der Waals surface area contributed by atoms with Gasteiger partial charge >= 0.3 is 0 Å². The first kappa shape index (κ1) is 13.7. The second kappa shape index (κ2) is 5.93. The van der Waals surface area contributed by atoms with Crippen LogP contribution in [0.3, 0.4) is 0 Å². The van der Waals surface area contributed by atoms with Crippen molar-refractivity contribution >= 4 is 17.3 Å². The molecular formula is C14H21N3O2. The van der Waals surface area contributed by atoms with E-state index in [1.54, 1.807) is 14.0 Å². The van der Waals surface area contributed by atoms with Gasteiger partial charge in [0.05, 0.1) is 6.61 Å². The van der Waals surface area contributed by atoms with Crippen LogP contribution in [0.15, 0.2) is 18.2 Å². The van der Waals surface area contributed by atoms with Crippen LogP contribution < -0.4 is 10.6 Å². The molecule has 2 N–H and O–H groups in total. The second-order valence-electron chi connectivity index (χ2n) is 4.81. The molecular weight excluding hydrogens is 242 g/mol. The molecule has 0 radical (unpaired) electrons. The number of carbonyl (C=O) groups excluding carboxylic acids is 1. The van der Waals surface area contributed by atoms with Gasteiger partial charge in [0.25, 0.3) is 0 Å². The lowest BCUT2D eigenvalue weighted by Gasteiger charge is -2.35. The third-order valence-electron chi connectivity index (χ3n) is 3.52. The Labute approximate surface area is 113 Å². The minimum atomic E-state index is 0.150. The average Bonchev–Trinajstić information content (AvgIpc) is 2.41. The summed E-state index contributed by atoms with van der Waals surface area (Å²) in [5.74, 6) is 0.150. The van der Waals surface area contributed by atoms with Crippen LogP contribution in [-0.2, 0) is 16.1 Å². The Morgan fingerprint density at radius 2 is 2.00 bits per heavy atom. The van der Waals surface area contributed by atoms with Crippen LogP contribution in [0.5, 0.6) is 0 Å². The van der Waals surface area contributed by atoms with Crippen molar-refractivity contribution < 1.29 is 9.53 Å². The Hall–Kier alpha value is -1.75. The molecule has 0 spiro atoms. The summed E-state index contributed by atoms with van der Waals surface area (Å²) in [6.07, 6.45) is 0. The van der Waals surface area contributed by atoms with E-state index in [0.717, 1.165) is 43.1 Å². The van der Waals surface area contributed by atoms with E-state index in [2.05, 4.69) is 11.0 Å². The molecule has 1 aliphatic heterocycles. The summed E-state index contributed by atoms with van der Waals surface area (Å²) in [6.45, 7) is 5.41. The fourth-order valence-electron chi connectivity index (χ4n) is 2.35. The van der Waals surface area contributed by atoms with Gasteiger partial charge < -0.3 is 20.3 Å². The molecule has 5 nitrogen and oxygen atoms in total. The molecule has 0 aliphatic carbocycles. The maximum absolute atomic E-state index is 11.3. The molecule has 0 bridgehead atoms. The number of piperazine rings is 1. The van der Waals surface area contributed by atoms with Gasteiger partial charge in [-0.15, -0.1) is 0 Å². The fraction of sp³-hybridized carbons (Fsp3) is 0.500. The summed E-state index contributed by atoms with van der Waals surface area (Å²) in [5.41, 5.74) is 8.82. The summed E-state index contributed by atoms with van der Waals surface area (Å²) in [6, 6.07) is 6.02. The Morgan fingerprint density at radius 3 is 2.58 bits per heavy atom. The predicted molar refractivity (Wildman–Crippen MR) is 76.0 cm³/mol. The number of anilines is 2. The Balaban J connectivity index is 2.07. The monoisotopic (exact) mass is 263 g/mol. The molecule has 1 heterocycles. The number of nitrogens with two attached hydrogens (primary N) is 1. The van der Waals surface area contributed by atoms with Gasteiger partial charge in [0, 0.05) is 57.2 Å². The van der Waals surface area contributed by atoms with Crippen LogP contribution >= 0.6 is 0 Å². The van der Waals surface area contributed by atoms with Crippen LogP contribution in [0.2, 0.25) is 0 Å². The number of amides is 1. The fourth-order valence-corrected chi connectivity index (χ4v) is 2.35. The van der Waals surface area contributed by atoms with Crippen LogP contribution in [0.4, 0.5) is 11.4 Å². The van der Waals surface area contributed by atoms with Crippen molar-refractivity contribution in [3.05, 3.63) is 23.8 Å². The molecule has 5 heteroatoms. The Morgan fingerprint density at radius 1 is 1.32 bits per heavy atom. The summed E-state index contributed by atoms with van der Waals surface area (Å²) in [7, 11) is 1.66. The number of nitrogens with zero attached hydrogens (tertiary/aromatic N) is 2. The van der Waals surface area contributed by atoms with E-state index in [1.165, 1.54) is 0 Å². The zero-order valence-corrected chi connectivity index (χ0v) is 11.6. The molecule has 1 amide bonds. The van der Waals surface area contributed by atoms with Gasteiger partial charge in [-0.3, -0.25) is 4.79 Å². The van der Waals surface area contributed by atoms with E-state index in [9.17, 15) is 4.79 Å². The first-order chi connectivity index (χ1) is 9.11. The van der Waals surface area contributed by atoms with Gasteiger partial charge in [-0.05, 0) is 18.2 Å². The number of nitrogen functional groups attached to an aromatic ring is 1. The Kier molecular flexibility index (Phi) is 4.27.